The summed E-state index contributed by atoms with van der Waals surface area (Å²) < 4.78 is 0. The molecule has 1 aromatic rings. The number of rotatable bonds is 3. The first-order valence-corrected chi connectivity index (χ1v) is 3.31. The average molecular weight is 154 g/mol. The Morgan fingerprint density at radius 3 is 3.00 bits per heavy atom. The molecule has 0 saturated heterocycles. The third-order valence-corrected chi connectivity index (χ3v) is 1.39. The minimum atomic E-state index is -1.09. The van der Waals surface area contributed by atoms with Crippen LogP contribution in [0.5, 0.6) is 0 Å². The van der Waals surface area contributed by atoms with Gasteiger partial charge in [0.05, 0.1) is 5.69 Å². The molecule has 0 aliphatic heterocycles. The van der Waals surface area contributed by atoms with Crippen LogP contribution in [0.2, 0.25) is 0 Å². The molecule has 0 amide bonds. The van der Waals surface area contributed by atoms with E-state index in [4.69, 9.17) is 10.8 Å². The summed E-state index contributed by atoms with van der Waals surface area (Å²) in [5, 5.41) is 9.00. The van der Waals surface area contributed by atoms with Gasteiger partial charge in [0.15, 0.2) is 0 Å². The predicted molar refractivity (Wildman–Crippen MR) is 40.2 cm³/mol. The first-order chi connectivity index (χ1) is 5.25. The molecule has 0 spiro atoms. The highest BCUT2D eigenvalue weighted by atomic mass is 16.3. The molecule has 4 heteroatoms. The molecule has 1 heterocycles. The Bertz CT molecular complexity index is 231. The van der Waals surface area contributed by atoms with Gasteiger partial charge in [-0.3, -0.25) is 4.79 Å². The van der Waals surface area contributed by atoms with Crippen LogP contribution < -0.4 is 5.73 Å². The maximum absolute atomic E-state index is 11.1. The zero-order valence-electron chi connectivity index (χ0n) is 5.95. The van der Waals surface area contributed by atoms with E-state index in [2.05, 4.69) is 4.98 Å². The van der Waals surface area contributed by atoms with E-state index in [9.17, 15) is 4.79 Å². The molecule has 1 unspecified atom stereocenters. The fourth-order valence-electron chi connectivity index (χ4n) is 0.770. The van der Waals surface area contributed by atoms with Crippen LogP contribution in [0, 0.1) is 0 Å². The minimum Gasteiger partial charge on any atom is -0.384 e. The Balaban J connectivity index is 2.70. The molecule has 0 bridgehead atoms. The van der Waals surface area contributed by atoms with Crippen molar-refractivity contribution in [2.45, 2.75) is 6.10 Å². The molecular formula is C7H10N2O2. The smallest absolute Gasteiger partial charge is 0.208 e. The summed E-state index contributed by atoms with van der Waals surface area (Å²) in [5.74, 6) is -0.363. The van der Waals surface area contributed by atoms with Gasteiger partial charge < -0.3 is 15.8 Å². The van der Waals surface area contributed by atoms with E-state index >= 15 is 0 Å². The zero-order valence-corrected chi connectivity index (χ0v) is 5.95. The molecule has 0 aliphatic rings. The van der Waals surface area contributed by atoms with E-state index in [0.717, 1.165) is 0 Å². The quantitative estimate of drug-likeness (QED) is 0.514. The Labute approximate surface area is 64.0 Å². The number of aliphatic hydroxyl groups is 1. The van der Waals surface area contributed by atoms with Gasteiger partial charge in [0.1, 0.15) is 6.10 Å². The van der Waals surface area contributed by atoms with Crippen LogP contribution in [-0.4, -0.2) is 28.5 Å². The van der Waals surface area contributed by atoms with Crippen molar-refractivity contribution in [1.29, 1.82) is 0 Å². The molecule has 1 rings (SSSR count). The zero-order chi connectivity index (χ0) is 8.27. The van der Waals surface area contributed by atoms with Crippen LogP contribution in [0.3, 0.4) is 0 Å². The molecule has 11 heavy (non-hydrogen) atoms. The highest BCUT2D eigenvalue weighted by molar-refractivity contribution is 5.97. The van der Waals surface area contributed by atoms with Crippen LogP contribution in [0.25, 0.3) is 0 Å². The second-order valence-corrected chi connectivity index (χ2v) is 2.20. The summed E-state index contributed by atoms with van der Waals surface area (Å²) in [4.78, 5) is 13.8. The Morgan fingerprint density at radius 2 is 2.55 bits per heavy atom. The molecular weight excluding hydrogens is 144 g/mol. The summed E-state index contributed by atoms with van der Waals surface area (Å²) >= 11 is 0. The first kappa shape index (κ1) is 7.97. The number of hydrogen-bond acceptors (Lipinski definition) is 3. The van der Waals surface area contributed by atoms with Gasteiger partial charge >= 0.3 is 0 Å². The molecule has 4 N–H and O–H groups in total. The molecule has 1 atom stereocenters. The van der Waals surface area contributed by atoms with Crippen LogP contribution >= 0.6 is 0 Å². The van der Waals surface area contributed by atoms with Gasteiger partial charge in [0.25, 0.3) is 0 Å². The van der Waals surface area contributed by atoms with Crippen molar-refractivity contribution in [1.82, 2.24) is 4.98 Å². The number of hydrogen-bond donors (Lipinski definition) is 3. The maximum atomic E-state index is 11.1. The Morgan fingerprint density at radius 1 is 1.82 bits per heavy atom. The summed E-state index contributed by atoms with van der Waals surface area (Å²) in [6.07, 6.45) is 0.532. The number of H-pyrrole nitrogens is 1. The number of carbonyl (C=O) groups is 1. The van der Waals surface area contributed by atoms with Crippen LogP contribution in [0.4, 0.5) is 0 Å². The van der Waals surface area contributed by atoms with Gasteiger partial charge in [0.2, 0.25) is 5.78 Å². The van der Waals surface area contributed by atoms with Gasteiger partial charge in [-0.15, -0.1) is 0 Å². The van der Waals surface area contributed by atoms with Crippen LogP contribution in [0.1, 0.15) is 10.5 Å². The lowest BCUT2D eigenvalue weighted by atomic mass is 10.2. The normalized spacial score (nSPS) is 12.9. The van der Waals surface area contributed by atoms with Crippen molar-refractivity contribution in [3.05, 3.63) is 24.0 Å². The lowest BCUT2D eigenvalue weighted by molar-refractivity contribution is 0.0758. The number of ketones is 1. The number of aromatic amines is 1. The average Bonchev–Trinajstić information content (AvgIpc) is 2.53. The van der Waals surface area contributed by atoms with Crippen LogP contribution in [0.15, 0.2) is 18.3 Å². The maximum Gasteiger partial charge on any atom is 0.208 e. The minimum absolute atomic E-state index is 0.0438. The van der Waals surface area contributed by atoms with Crippen LogP contribution in [-0.2, 0) is 0 Å². The molecule has 0 radical (unpaired) electrons. The second kappa shape index (κ2) is 3.32. The number of carbonyl (C=O) groups excluding carboxylic acids is 1. The van der Waals surface area contributed by atoms with Gasteiger partial charge in [-0.2, -0.15) is 0 Å². The van der Waals surface area contributed by atoms with Gasteiger partial charge in [-0.25, -0.2) is 0 Å². The van der Waals surface area contributed by atoms with Crippen molar-refractivity contribution < 1.29 is 9.90 Å². The van der Waals surface area contributed by atoms with Crippen molar-refractivity contribution in [3.63, 3.8) is 0 Å². The summed E-state index contributed by atoms with van der Waals surface area (Å²) in [5.41, 5.74) is 5.49. The molecule has 0 aromatic carbocycles. The molecule has 0 fully saturated rings. The number of nitrogens with two attached hydrogens (primary N) is 1. The Hall–Kier alpha value is -1.13. The first-order valence-electron chi connectivity index (χ1n) is 3.31. The monoisotopic (exact) mass is 154 g/mol. The SMILES string of the molecule is NCC(O)C(=O)c1ccc[nH]1. The number of aromatic nitrogens is 1. The topological polar surface area (TPSA) is 79.1 Å². The van der Waals surface area contributed by atoms with E-state index in [-0.39, 0.29) is 12.3 Å². The standard InChI is InChI=1S/C7H10N2O2/c8-4-6(10)7(11)5-2-1-3-9-5/h1-3,6,9-10H,4,8H2. The van der Waals surface area contributed by atoms with E-state index in [1.165, 1.54) is 0 Å². The highest BCUT2D eigenvalue weighted by Gasteiger charge is 2.15. The molecule has 1 aromatic heterocycles. The van der Waals surface area contributed by atoms with Gasteiger partial charge in [0, 0.05) is 12.7 Å². The van der Waals surface area contributed by atoms with Gasteiger partial charge in [-0.1, -0.05) is 0 Å². The fraction of sp³-hybridized carbons (Fsp3) is 0.286. The molecule has 0 saturated carbocycles. The number of nitrogens with one attached hydrogen (secondary N) is 1. The van der Waals surface area contributed by atoms with E-state index in [0.29, 0.717) is 5.69 Å². The number of Topliss-reactive ketones (excluding diaryl/α,β-unsaturated/α-hetero) is 1. The summed E-state index contributed by atoms with van der Waals surface area (Å²) in [6, 6.07) is 3.29. The summed E-state index contributed by atoms with van der Waals surface area (Å²) in [6.45, 7) is -0.0438. The third kappa shape index (κ3) is 1.66. The summed E-state index contributed by atoms with van der Waals surface area (Å²) in [7, 11) is 0. The molecule has 4 nitrogen and oxygen atoms in total. The van der Waals surface area contributed by atoms with E-state index in [1.807, 2.05) is 0 Å². The van der Waals surface area contributed by atoms with Gasteiger partial charge in [-0.05, 0) is 12.1 Å². The lowest BCUT2D eigenvalue weighted by Crippen LogP contribution is -2.29. The second-order valence-electron chi connectivity index (χ2n) is 2.20. The highest BCUT2D eigenvalue weighted by Crippen LogP contribution is 1.98. The molecule has 0 aliphatic carbocycles. The van der Waals surface area contributed by atoms with E-state index < -0.39 is 6.10 Å². The van der Waals surface area contributed by atoms with Crippen molar-refractivity contribution >= 4 is 5.78 Å². The lowest BCUT2D eigenvalue weighted by Gasteiger charge is -2.03. The third-order valence-electron chi connectivity index (χ3n) is 1.39. The Kier molecular flexibility index (Phi) is 2.40. The predicted octanol–water partition coefficient (Wildman–Crippen LogP) is -0.483. The number of aliphatic hydroxyl groups excluding tert-OH is 1. The molecule has 60 valence electrons. The fourth-order valence-corrected chi connectivity index (χ4v) is 0.770. The van der Waals surface area contributed by atoms with E-state index in [1.54, 1.807) is 18.3 Å². The largest absolute Gasteiger partial charge is 0.384 e. The van der Waals surface area contributed by atoms with Crippen molar-refractivity contribution in [2.75, 3.05) is 6.54 Å². The van der Waals surface area contributed by atoms with Crippen molar-refractivity contribution in [3.8, 4) is 0 Å². The van der Waals surface area contributed by atoms with Crippen molar-refractivity contribution in [2.24, 2.45) is 5.73 Å².